The number of aromatic nitrogens is 2. The topological polar surface area (TPSA) is 61.7 Å². The third-order valence-corrected chi connectivity index (χ3v) is 4.55. The van der Waals surface area contributed by atoms with Gasteiger partial charge in [0.05, 0.1) is 19.3 Å². The third kappa shape index (κ3) is 4.88. The molecule has 0 bridgehead atoms. The van der Waals surface area contributed by atoms with Crippen LogP contribution in [0.3, 0.4) is 0 Å². The molecule has 0 unspecified atom stereocenters. The molecule has 0 saturated carbocycles. The Balaban J connectivity index is 1.87. The monoisotopic (exact) mass is 314 g/mol. The summed E-state index contributed by atoms with van der Waals surface area (Å²) in [4.78, 5) is 4.82. The van der Waals surface area contributed by atoms with Crippen LogP contribution in [0.25, 0.3) is 0 Å². The number of ether oxygens (including phenoxy) is 1. The molecule has 0 amide bonds. The molecule has 1 aromatic rings. The Morgan fingerprint density at radius 2 is 2.19 bits per heavy atom. The first kappa shape index (κ1) is 16.6. The van der Waals surface area contributed by atoms with Gasteiger partial charge in [-0.2, -0.15) is 0 Å². The summed E-state index contributed by atoms with van der Waals surface area (Å²) in [5, 5.41) is 19.5. The SMILES string of the molecule is CCOc1nnc(CN2CCN(C[C@@H](C)O)[C@H](CC)C2)s1. The molecular formula is C14H26N4O2S. The van der Waals surface area contributed by atoms with Crippen molar-refractivity contribution in [2.75, 3.05) is 32.8 Å². The van der Waals surface area contributed by atoms with Crippen molar-refractivity contribution in [2.24, 2.45) is 0 Å². The maximum atomic E-state index is 9.59. The van der Waals surface area contributed by atoms with Gasteiger partial charge in [0.1, 0.15) is 5.01 Å². The standard InChI is InChI=1S/C14H26N4O2S/c1-4-12-9-17(6-7-18(12)8-11(3)19)10-13-15-16-14(21-13)20-5-2/h11-12,19H,4-10H2,1-3H3/t11-,12-/m1/s1. The minimum atomic E-state index is -0.262. The molecule has 1 N–H and O–H groups in total. The van der Waals surface area contributed by atoms with Crippen LogP contribution in [0.4, 0.5) is 0 Å². The van der Waals surface area contributed by atoms with Crippen LogP contribution in [0.5, 0.6) is 5.19 Å². The second kappa shape index (κ2) is 8.03. The smallest absolute Gasteiger partial charge is 0.294 e. The number of hydrogen-bond acceptors (Lipinski definition) is 7. The lowest BCUT2D eigenvalue weighted by Crippen LogP contribution is -2.54. The molecular weight excluding hydrogens is 288 g/mol. The largest absolute Gasteiger partial charge is 0.469 e. The number of β-amino-alcohol motifs (C(OH)–C–C–N with tert-alkyl or cyclic N) is 1. The van der Waals surface area contributed by atoms with E-state index in [1.165, 1.54) is 11.3 Å². The van der Waals surface area contributed by atoms with Crippen molar-refractivity contribution < 1.29 is 9.84 Å². The van der Waals surface area contributed by atoms with E-state index in [4.69, 9.17) is 4.74 Å². The van der Waals surface area contributed by atoms with Gasteiger partial charge in [0, 0.05) is 32.2 Å². The predicted molar refractivity (Wildman–Crippen MR) is 83.7 cm³/mol. The molecule has 0 aliphatic carbocycles. The molecule has 7 heteroatoms. The fraction of sp³-hybridized carbons (Fsp3) is 0.857. The predicted octanol–water partition coefficient (Wildman–Crippen LogP) is 1.21. The van der Waals surface area contributed by atoms with Gasteiger partial charge >= 0.3 is 0 Å². The highest BCUT2D eigenvalue weighted by atomic mass is 32.1. The number of nitrogens with zero attached hydrogens (tertiary/aromatic N) is 4. The molecule has 1 aliphatic heterocycles. The summed E-state index contributed by atoms with van der Waals surface area (Å²) in [6, 6.07) is 0.507. The second-order valence-electron chi connectivity index (χ2n) is 5.54. The Morgan fingerprint density at radius 3 is 2.86 bits per heavy atom. The zero-order valence-electron chi connectivity index (χ0n) is 13.2. The highest BCUT2D eigenvalue weighted by Gasteiger charge is 2.26. The van der Waals surface area contributed by atoms with E-state index in [2.05, 4.69) is 26.9 Å². The van der Waals surface area contributed by atoms with Gasteiger partial charge in [0.2, 0.25) is 0 Å². The Bertz CT molecular complexity index is 427. The lowest BCUT2D eigenvalue weighted by Gasteiger charge is -2.41. The lowest BCUT2D eigenvalue weighted by atomic mass is 10.1. The number of aliphatic hydroxyl groups is 1. The summed E-state index contributed by atoms with van der Waals surface area (Å²) in [6.45, 7) is 11.3. The Morgan fingerprint density at radius 1 is 1.38 bits per heavy atom. The second-order valence-corrected chi connectivity index (χ2v) is 6.56. The Hall–Kier alpha value is -0.760. The van der Waals surface area contributed by atoms with Crippen LogP contribution in [-0.4, -0.2) is 70.0 Å². The van der Waals surface area contributed by atoms with Gasteiger partial charge in [0.15, 0.2) is 0 Å². The van der Waals surface area contributed by atoms with E-state index in [-0.39, 0.29) is 6.10 Å². The Labute approximate surface area is 130 Å². The van der Waals surface area contributed by atoms with Crippen LogP contribution in [-0.2, 0) is 6.54 Å². The van der Waals surface area contributed by atoms with E-state index in [1.807, 2.05) is 13.8 Å². The van der Waals surface area contributed by atoms with Gasteiger partial charge in [-0.05, 0) is 20.3 Å². The van der Waals surface area contributed by atoms with E-state index in [1.54, 1.807) is 0 Å². The zero-order chi connectivity index (χ0) is 15.2. The molecule has 1 aliphatic rings. The fourth-order valence-electron chi connectivity index (χ4n) is 2.74. The van der Waals surface area contributed by atoms with Crippen LogP contribution < -0.4 is 4.74 Å². The van der Waals surface area contributed by atoms with Crippen LogP contribution in [0.15, 0.2) is 0 Å². The quantitative estimate of drug-likeness (QED) is 0.816. The molecule has 0 spiro atoms. The first-order valence-electron chi connectivity index (χ1n) is 7.72. The molecule has 21 heavy (non-hydrogen) atoms. The van der Waals surface area contributed by atoms with E-state index in [9.17, 15) is 5.11 Å². The van der Waals surface area contributed by atoms with Gasteiger partial charge in [-0.15, -0.1) is 10.2 Å². The molecule has 2 atom stereocenters. The molecule has 0 radical (unpaired) electrons. The molecule has 2 rings (SSSR count). The first-order chi connectivity index (χ1) is 10.1. The summed E-state index contributed by atoms with van der Waals surface area (Å²) in [6.07, 6.45) is 0.839. The molecule has 120 valence electrons. The van der Waals surface area contributed by atoms with Gasteiger partial charge in [-0.3, -0.25) is 9.80 Å². The van der Waals surface area contributed by atoms with Crippen molar-refractivity contribution in [3.8, 4) is 5.19 Å². The van der Waals surface area contributed by atoms with Crippen LogP contribution >= 0.6 is 11.3 Å². The maximum absolute atomic E-state index is 9.59. The minimum Gasteiger partial charge on any atom is -0.469 e. The molecule has 2 heterocycles. The van der Waals surface area contributed by atoms with Crippen molar-refractivity contribution in [1.29, 1.82) is 0 Å². The summed E-state index contributed by atoms with van der Waals surface area (Å²) < 4.78 is 5.37. The van der Waals surface area contributed by atoms with Gasteiger partial charge in [0.25, 0.3) is 5.19 Å². The van der Waals surface area contributed by atoms with E-state index in [0.717, 1.165) is 44.2 Å². The van der Waals surface area contributed by atoms with Gasteiger partial charge in [-0.1, -0.05) is 18.3 Å². The Kier molecular flexibility index (Phi) is 6.35. The summed E-state index contributed by atoms with van der Waals surface area (Å²) in [5.41, 5.74) is 0. The molecule has 1 fully saturated rings. The number of hydrogen-bond donors (Lipinski definition) is 1. The molecule has 6 nitrogen and oxygen atoms in total. The number of rotatable bonds is 7. The van der Waals surface area contributed by atoms with Crippen molar-refractivity contribution in [3.63, 3.8) is 0 Å². The van der Waals surface area contributed by atoms with Gasteiger partial charge < -0.3 is 9.84 Å². The number of aliphatic hydroxyl groups excluding tert-OH is 1. The molecule has 1 aromatic heterocycles. The highest BCUT2D eigenvalue weighted by Crippen LogP contribution is 2.21. The average Bonchev–Trinajstić information content (AvgIpc) is 2.87. The first-order valence-corrected chi connectivity index (χ1v) is 8.53. The fourth-order valence-corrected chi connectivity index (χ4v) is 3.53. The van der Waals surface area contributed by atoms with E-state index < -0.39 is 0 Å². The third-order valence-electron chi connectivity index (χ3n) is 3.73. The van der Waals surface area contributed by atoms with Crippen molar-refractivity contribution >= 4 is 11.3 Å². The van der Waals surface area contributed by atoms with Crippen LogP contribution in [0.1, 0.15) is 32.2 Å². The van der Waals surface area contributed by atoms with Gasteiger partial charge in [-0.25, -0.2) is 0 Å². The zero-order valence-corrected chi connectivity index (χ0v) is 14.0. The van der Waals surface area contributed by atoms with Crippen molar-refractivity contribution in [3.05, 3.63) is 5.01 Å². The molecule has 1 saturated heterocycles. The molecule has 0 aromatic carbocycles. The summed E-state index contributed by atoms with van der Waals surface area (Å²) in [5.74, 6) is 0. The van der Waals surface area contributed by atoms with E-state index in [0.29, 0.717) is 17.8 Å². The van der Waals surface area contributed by atoms with Crippen LogP contribution in [0.2, 0.25) is 0 Å². The van der Waals surface area contributed by atoms with Crippen molar-refractivity contribution in [1.82, 2.24) is 20.0 Å². The average molecular weight is 314 g/mol. The van der Waals surface area contributed by atoms with Crippen LogP contribution in [0, 0.1) is 0 Å². The normalized spacial score (nSPS) is 22.4. The van der Waals surface area contributed by atoms with E-state index >= 15 is 0 Å². The van der Waals surface area contributed by atoms with Crippen molar-refractivity contribution in [2.45, 2.75) is 45.9 Å². The summed E-state index contributed by atoms with van der Waals surface area (Å²) >= 11 is 1.53. The highest BCUT2D eigenvalue weighted by molar-refractivity contribution is 7.13. The summed E-state index contributed by atoms with van der Waals surface area (Å²) in [7, 11) is 0. The number of piperazine rings is 1. The minimum absolute atomic E-state index is 0.262. The maximum Gasteiger partial charge on any atom is 0.294 e. The lowest BCUT2D eigenvalue weighted by molar-refractivity contribution is 0.0337.